The van der Waals surface area contributed by atoms with Crippen molar-refractivity contribution in [1.29, 1.82) is 5.26 Å². The van der Waals surface area contributed by atoms with Gasteiger partial charge in [0.1, 0.15) is 17.4 Å². The third-order valence-electron chi connectivity index (χ3n) is 3.20. The van der Waals surface area contributed by atoms with Gasteiger partial charge in [-0.1, -0.05) is 6.08 Å². The van der Waals surface area contributed by atoms with E-state index >= 15 is 0 Å². The van der Waals surface area contributed by atoms with Crippen LogP contribution in [-0.2, 0) is 6.54 Å². The Morgan fingerprint density at radius 3 is 2.52 bits per heavy atom. The second-order valence-electron chi connectivity index (χ2n) is 4.70. The highest BCUT2D eigenvalue weighted by Gasteiger charge is 2.18. The van der Waals surface area contributed by atoms with Crippen molar-refractivity contribution in [1.82, 2.24) is 4.57 Å². The number of azo groups is 1. The van der Waals surface area contributed by atoms with E-state index in [0.29, 0.717) is 5.69 Å². The van der Waals surface area contributed by atoms with Gasteiger partial charge in [-0.25, -0.2) is 0 Å². The summed E-state index contributed by atoms with van der Waals surface area (Å²) in [5, 5.41) is 36.3. The molecule has 0 fully saturated rings. The summed E-state index contributed by atoms with van der Waals surface area (Å²) >= 11 is 0. The van der Waals surface area contributed by atoms with Crippen molar-refractivity contribution in [3.8, 4) is 17.7 Å². The van der Waals surface area contributed by atoms with Crippen LogP contribution >= 0.6 is 0 Å². The first-order chi connectivity index (χ1) is 11.0. The van der Waals surface area contributed by atoms with E-state index in [9.17, 15) is 20.3 Å². The molecule has 0 amide bonds. The quantitative estimate of drug-likeness (QED) is 0.667. The number of nitriles is 1. The van der Waals surface area contributed by atoms with Crippen LogP contribution in [0.5, 0.6) is 11.6 Å². The molecule has 0 saturated heterocycles. The van der Waals surface area contributed by atoms with Crippen LogP contribution in [0.4, 0.5) is 11.4 Å². The first kappa shape index (κ1) is 16.0. The Hall–Kier alpha value is -3.40. The molecule has 23 heavy (non-hydrogen) atoms. The number of benzene rings is 1. The van der Waals surface area contributed by atoms with Crippen LogP contribution < -0.4 is 5.56 Å². The molecule has 0 atom stereocenters. The van der Waals surface area contributed by atoms with Crippen molar-refractivity contribution in [2.24, 2.45) is 10.2 Å². The van der Waals surface area contributed by atoms with E-state index in [0.717, 1.165) is 4.57 Å². The standard InChI is InChI=1S/C16H14N4O3/c1-3-8-20-15(22)13(9-17)10(2)14(16(20)23)19-18-11-4-6-12(21)7-5-11/h3-7,21-22H,1,8H2,2H3. The third kappa shape index (κ3) is 3.11. The van der Waals surface area contributed by atoms with Crippen molar-refractivity contribution < 1.29 is 10.2 Å². The second kappa shape index (κ2) is 6.58. The zero-order valence-corrected chi connectivity index (χ0v) is 12.4. The molecule has 0 aliphatic carbocycles. The summed E-state index contributed by atoms with van der Waals surface area (Å²) in [5.41, 5.74) is 0.0445. The molecule has 7 nitrogen and oxygen atoms in total. The number of rotatable bonds is 4. The van der Waals surface area contributed by atoms with Crippen LogP contribution in [0, 0.1) is 18.3 Å². The minimum atomic E-state index is -0.568. The molecule has 1 aromatic carbocycles. The highest BCUT2D eigenvalue weighted by atomic mass is 16.3. The van der Waals surface area contributed by atoms with E-state index in [1.165, 1.54) is 37.3 Å². The van der Waals surface area contributed by atoms with Gasteiger partial charge in [0.05, 0.1) is 5.69 Å². The van der Waals surface area contributed by atoms with Crippen LogP contribution in [0.25, 0.3) is 0 Å². The number of aromatic hydroxyl groups is 2. The average Bonchev–Trinajstić information content (AvgIpc) is 2.53. The summed E-state index contributed by atoms with van der Waals surface area (Å²) in [6.45, 7) is 5.08. The van der Waals surface area contributed by atoms with Gasteiger partial charge in [0.2, 0.25) is 5.88 Å². The van der Waals surface area contributed by atoms with Crippen LogP contribution in [-0.4, -0.2) is 14.8 Å². The molecular weight excluding hydrogens is 296 g/mol. The van der Waals surface area contributed by atoms with Gasteiger partial charge in [0, 0.05) is 12.1 Å². The largest absolute Gasteiger partial charge is 0.508 e. The van der Waals surface area contributed by atoms with Crippen LogP contribution in [0.1, 0.15) is 11.1 Å². The highest BCUT2D eigenvalue weighted by Crippen LogP contribution is 2.27. The molecule has 7 heteroatoms. The van der Waals surface area contributed by atoms with Gasteiger partial charge in [-0.3, -0.25) is 9.36 Å². The number of phenolic OH excluding ortho intramolecular Hbond substituents is 1. The first-order valence-electron chi connectivity index (χ1n) is 6.67. The number of phenols is 1. The van der Waals surface area contributed by atoms with Gasteiger partial charge >= 0.3 is 0 Å². The number of allylic oxidation sites excluding steroid dienone is 1. The Morgan fingerprint density at radius 2 is 1.96 bits per heavy atom. The van der Waals surface area contributed by atoms with Crippen molar-refractivity contribution in [2.45, 2.75) is 13.5 Å². The van der Waals surface area contributed by atoms with E-state index in [1.54, 1.807) is 0 Å². The van der Waals surface area contributed by atoms with E-state index in [1.807, 2.05) is 6.07 Å². The fourth-order valence-corrected chi connectivity index (χ4v) is 1.98. The SMILES string of the molecule is C=CCn1c(O)c(C#N)c(C)c(N=Nc2ccc(O)cc2)c1=O. The zero-order valence-electron chi connectivity index (χ0n) is 12.4. The normalized spacial score (nSPS) is 10.6. The first-order valence-corrected chi connectivity index (χ1v) is 6.67. The molecule has 0 aliphatic rings. The van der Waals surface area contributed by atoms with Crippen molar-refractivity contribution >= 4 is 11.4 Å². The molecule has 0 aliphatic heterocycles. The third-order valence-corrected chi connectivity index (χ3v) is 3.20. The van der Waals surface area contributed by atoms with E-state index in [2.05, 4.69) is 16.8 Å². The minimum absolute atomic E-state index is 0.0331. The number of pyridine rings is 1. The summed E-state index contributed by atoms with van der Waals surface area (Å²) in [4.78, 5) is 12.4. The predicted octanol–water partition coefficient (Wildman–Crippen LogP) is 3.04. The lowest BCUT2D eigenvalue weighted by Crippen LogP contribution is -2.21. The van der Waals surface area contributed by atoms with E-state index in [4.69, 9.17) is 0 Å². The van der Waals surface area contributed by atoms with Crippen molar-refractivity contribution in [3.63, 3.8) is 0 Å². The molecule has 116 valence electrons. The van der Waals surface area contributed by atoms with Gasteiger partial charge in [-0.15, -0.1) is 11.7 Å². The second-order valence-corrected chi connectivity index (χ2v) is 4.70. The van der Waals surface area contributed by atoms with Crippen LogP contribution in [0.2, 0.25) is 0 Å². The van der Waals surface area contributed by atoms with Gasteiger partial charge in [0.15, 0.2) is 5.69 Å². The molecule has 0 bridgehead atoms. The summed E-state index contributed by atoms with van der Waals surface area (Å²) in [6.07, 6.45) is 1.43. The van der Waals surface area contributed by atoms with Gasteiger partial charge < -0.3 is 10.2 Å². The number of hydrogen-bond donors (Lipinski definition) is 2. The molecule has 2 aromatic rings. The van der Waals surface area contributed by atoms with Crippen molar-refractivity contribution in [3.05, 3.63) is 58.4 Å². The number of nitrogens with zero attached hydrogens (tertiary/aromatic N) is 4. The van der Waals surface area contributed by atoms with Crippen LogP contribution in [0.3, 0.4) is 0 Å². The fourth-order valence-electron chi connectivity index (χ4n) is 1.98. The average molecular weight is 310 g/mol. The Bertz CT molecular complexity index is 874. The van der Waals surface area contributed by atoms with Crippen LogP contribution in [0.15, 0.2) is 51.9 Å². The maximum atomic E-state index is 12.4. The maximum Gasteiger partial charge on any atom is 0.281 e. The van der Waals surface area contributed by atoms with Gasteiger partial charge in [0.25, 0.3) is 5.56 Å². The Balaban J connectivity index is 2.60. The van der Waals surface area contributed by atoms with Gasteiger partial charge in [-0.2, -0.15) is 10.4 Å². The molecule has 0 saturated carbocycles. The summed E-state index contributed by atoms with van der Waals surface area (Å²) in [5.74, 6) is -0.330. The lowest BCUT2D eigenvalue weighted by atomic mass is 10.1. The molecule has 2 rings (SSSR count). The smallest absolute Gasteiger partial charge is 0.281 e. The minimum Gasteiger partial charge on any atom is -0.508 e. The Morgan fingerprint density at radius 1 is 1.30 bits per heavy atom. The molecule has 1 heterocycles. The molecule has 0 radical (unpaired) electrons. The Labute approximate surface area is 132 Å². The summed E-state index contributed by atoms with van der Waals surface area (Å²) < 4.78 is 1.00. The zero-order chi connectivity index (χ0) is 17.0. The molecule has 2 N–H and O–H groups in total. The molecule has 1 aromatic heterocycles. The monoisotopic (exact) mass is 310 g/mol. The van der Waals surface area contributed by atoms with E-state index < -0.39 is 11.4 Å². The lowest BCUT2D eigenvalue weighted by molar-refractivity contribution is 0.414. The Kier molecular flexibility index (Phi) is 4.57. The topological polar surface area (TPSA) is 111 Å². The highest BCUT2D eigenvalue weighted by molar-refractivity contribution is 5.56. The molecule has 0 spiro atoms. The lowest BCUT2D eigenvalue weighted by Gasteiger charge is -2.11. The summed E-state index contributed by atoms with van der Waals surface area (Å²) in [6, 6.07) is 7.79. The maximum absolute atomic E-state index is 12.4. The number of aromatic nitrogens is 1. The predicted molar refractivity (Wildman–Crippen MR) is 84.3 cm³/mol. The van der Waals surface area contributed by atoms with E-state index in [-0.39, 0.29) is 29.1 Å². The molecule has 0 unspecified atom stereocenters. The fraction of sp³-hybridized carbons (Fsp3) is 0.125. The number of hydrogen-bond acceptors (Lipinski definition) is 6. The van der Waals surface area contributed by atoms with Crippen molar-refractivity contribution in [2.75, 3.05) is 0 Å². The van der Waals surface area contributed by atoms with Gasteiger partial charge in [-0.05, 0) is 31.2 Å². The summed E-state index contributed by atoms with van der Waals surface area (Å²) in [7, 11) is 0. The molecular formula is C16H14N4O3.